The van der Waals surface area contributed by atoms with E-state index in [9.17, 15) is 0 Å². The zero-order chi connectivity index (χ0) is 14.7. The van der Waals surface area contributed by atoms with Crippen molar-refractivity contribution in [1.82, 2.24) is 10.3 Å². The van der Waals surface area contributed by atoms with Gasteiger partial charge in [0.05, 0.1) is 11.9 Å². The van der Waals surface area contributed by atoms with Crippen LogP contribution in [-0.4, -0.2) is 11.0 Å². The summed E-state index contributed by atoms with van der Waals surface area (Å²) in [5.74, 6) is 0.766. The molecule has 21 heavy (non-hydrogen) atoms. The molecule has 0 amide bonds. The predicted molar refractivity (Wildman–Crippen MR) is 84.6 cm³/mol. The molecular weight excluding hydrogens is 284 g/mol. The molecule has 0 radical (unpaired) electrons. The van der Waals surface area contributed by atoms with Crippen LogP contribution in [-0.2, 0) is 13.2 Å². The predicted octanol–water partition coefficient (Wildman–Crippen LogP) is 3.87. The summed E-state index contributed by atoms with van der Waals surface area (Å²) in [6.45, 7) is 3.31. The van der Waals surface area contributed by atoms with E-state index in [0.29, 0.717) is 12.6 Å². The van der Waals surface area contributed by atoms with Crippen LogP contribution in [0.15, 0.2) is 36.5 Å². The lowest BCUT2D eigenvalue weighted by Crippen LogP contribution is -2.16. The number of hydrogen-bond donors (Lipinski definition) is 1. The van der Waals surface area contributed by atoms with Gasteiger partial charge in [-0.3, -0.25) is 4.98 Å². The Balaban J connectivity index is 1.54. The summed E-state index contributed by atoms with van der Waals surface area (Å²) in [5, 5.41) is 4.19. The Bertz CT molecular complexity index is 609. The van der Waals surface area contributed by atoms with Gasteiger partial charge < -0.3 is 10.1 Å². The van der Waals surface area contributed by atoms with Gasteiger partial charge in [-0.2, -0.15) is 0 Å². The number of aromatic nitrogens is 1. The van der Waals surface area contributed by atoms with Crippen LogP contribution in [0.4, 0.5) is 0 Å². The Hall–Kier alpha value is -1.58. The van der Waals surface area contributed by atoms with Crippen LogP contribution in [0.5, 0.6) is 5.75 Å². The lowest BCUT2D eigenvalue weighted by Gasteiger charge is -2.09. The number of ether oxygens (including phenoxy) is 1. The fourth-order valence-electron chi connectivity index (χ4n) is 2.07. The monoisotopic (exact) mass is 302 g/mol. The van der Waals surface area contributed by atoms with Gasteiger partial charge in [-0.05, 0) is 43.5 Å². The summed E-state index contributed by atoms with van der Waals surface area (Å²) in [6.07, 6.45) is 4.35. The maximum absolute atomic E-state index is 6.19. The Morgan fingerprint density at radius 2 is 2.14 bits per heavy atom. The highest BCUT2D eigenvalue weighted by Crippen LogP contribution is 2.21. The van der Waals surface area contributed by atoms with Gasteiger partial charge in [0.25, 0.3) is 0 Å². The van der Waals surface area contributed by atoms with Crippen molar-refractivity contribution < 1.29 is 4.74 Å². The lowest BCUT2D eigenvalue weighted by molar-refractivity contribution is 0.305. The molecular formula is C17H19ClN2O. The molecule has 1 aromatic heterocycles. The first-order valence-electron chi connectivity index (χ1n) is 7.27. The number of nitrogens with one attached hydrogen (secondary N) is 1. The second-order valence-corrected chi connectivity index (χ2v) is 5.93. The van der Waals surface area contributed by atoms with Gasteiger partial charge in [-0.25, -0.2) is 0 Å². The molecule has 1 aliphatic rings. The highest BCUT2D eigenvalue weighted by molar-refractivity contribution is 6.31. The molecule has 3 nitrogen and oxygen atoms in total. The molecule has 0 bridgehead atoms. The minimum absolute atomic E-state index is 0.459. The number of halogens is 1. The van der Waals surface area contributed by atoms with Crippen molar-refractivity contribution in [3.8, 4) is 5.75 Å². The third-order valence-electron chi connectivity index (χ3n) is 3.55. The summed E-state index contributed by atoms with van der Waals surface area (Å²) in [4.78, 5) is 4.41. The van der Waals surface area contributed by atoms with E-state index < -0.39 is 0 Å². The quantitative estimate of drug-likeness (QED) is 0.879. The molecule has 110 valence electrons. The lowest BCUT2D eigenvalue weighted by atomic mass is 10.2. The van der Waals surface area contributed by atoms with Gasteiger partial charge in [-0.15, -0.1) is 0 Å². The fourth-order valence-corrected chi connectivity index (χ4v) is 2.36. The van der Waals surface area contributed by atoms with Crippen molar-refractivity contribution in [2.24, 2.45) is 0 Å². The molecule has 0 saturated heterocycles. The SMILES string of the molecule is Cc1ccc(COc2ccc(CNC3CC3)nc2)c(Cl)c1. The van der Waals surface area contributed by atoms with Crippen molar-refractivity contribution in [2.45, 2.75) is 39.0 Å². The summed E-state index contributed by atoms with van der Waals surface area (Å²) in [6, 6.07) is 10.6. The maximum atomic E-state index is 6.19. The van der Waals surface area contributed by atoms with Gasteiger partial charge >= 0.3 is 0 Å². The van der Waals surface area contributed by atoms with Crippen LogP contribution in [0.2, 0.25) is 5.02 Å². The molecule has 1 aromatic carbocycles. The maximum Gasteiger partial charge on any atom is 0.138 e. The molecule has 4 heteroatoms. The molecule has 0 atom stereocenters. The van der Waals surface area contributed by atoms with Gasteiger partial charge in [0.2, 0.25) is 0 Å². The number of pyridine rings is 1. The summed E-state index contributed by atoms with van der Waals surface area (Å²) in [5.41, 5.74) is 3.18. The first-order chi connectivity index (χ1) is 10.2. The van der Waals surface area contributed by atoms with Crippen molar-refractivity contribution in [3.63, 3.8) is 0 Å². The molecule has 1 fully saturated rings. The fraction of sp³-hybridized carbons (Fsp3) is 0.353. The van der Waals surface area contributed by atoms with Gasteiger partial charge in [0.1, 0.15) is 12.4 Å². The van der Waals surface area contributed by atoms with Crippen LogP contribution in [0, 0.1) is 6.92 Å². The van der Waals surface area contributed by atoms with E-state index in [2.05, 4.69) is 10.3 Å². The molecule has 1 heterocycles. The molecule has 0 unspecified atom stereocenters. The van der Waals surface area contributed by atoms with Crippen molar-refractivity contribution in [1.29, 1.82) is 0 Å². The minimum Gasteiger partial charge on any atom is -0.487 e. The van der Waals surface area contributed by atoms with Crippen LogP contribution >= 0.6 is 11.6 Å². The number of rotatable bonds is 6. The van der Waals surface area contributed by atoms with E-state index >= 15 is 0 Å². The number of benzene rings is 1. The third-order valence-corrected chi connectivity index (χ3v) is 3.90. The molecule has 0 aliphatic heterocycles. The molecule has 0 spiro atoms. The van der Waals surface area contributed by atoms with Crippen LogP contribution in [0.1, 0.15) is 29.7 Å². The molecule has 1 aliphatic carbocycles. The topological polar surface area (TPSA) is 34.1 Å². The highest BCUT2D eigenvalue weighted by atomic mass is 35.5. The Morgan fingerprint density at radius 3 is 2.81 bits per heavy atom. The summed E-state index contributed by atoms with van der Waals surface area (Å²) in [7, 11) is 0. The zero-order valence-electron chi connectivity index (χ0n) is 12.1. The van der Waals surface area contributed by atoms with Crippen molar-refractivity contribution in [3.05, 3.63) is 58.4 Å². The third kappa shape index (κ3) is 4.19. The Labute approximate surface area is 130 Å². The number of aryl methyl sites for hydroxylation is 1. The Morgan fingerprint density at radius 1 is 1.29 bits per heavy atom. The van der Waals surface area contributed by atoms with E-state index in [-0.39, 0.29) is 0 Å². The van der Waals surface area contributed by atoms with Gasteiger partial charge in [0, 0.05) is 23.2 Å². The molecule has 1 N–H and O–H groups in total. The zero-order valence-corrected chi connectivity index (χ0v) is 12.9. The number of nitrogens with zero attached hydrogens (tertiary/aromatic N) is 1. The smallest absolute Gasteiger partial charge is 0.138 e. The van der Waals surface area contributed by atoms with Crippen LogP contribution < -0.4 is 10.1 Å². The first kappa shape index (κ1) is 14.4. The largest absolute Gasteiger partial charge is 0.487 e. The normalized spacial score (nSPS) is 14.2. The second-order valence-electron chi connectivity index (χ2n) is 5.52. The van der Waals surface area contributed by atoms with E-state index in [1.807, 2.05) is 37.3 Å². The average Bonchev–Trinajstić information content (AvgIpc) is 3.30. The van der Waals surface area contributed by atoms with Crippen LogP contribution in [0.25, 0.3) is 0 Å². The summed E-state index contributed by atoms with van der Waals surface area (Å²) >= 11 is 6.19. The average molecular weight is 303 g/mol. The molecule has 3 rings (SSSR count). The van der Waals surface area contributed by atoms with E-state index in [1.54, 1.807) is 6.20 Å². The van der Waals surface area contributed by atoms with E-state index in [4.69, 9.17) is 16.3 Å². The second kappa shape index (κ2) is 6.46. The van der Waals surface area contributed by atoms with Crippen LogP contribution in [0.3, 0.4) is 0 Å². The molecule has 2 aromatic rings. The standard InChI is InChI=1S/C17H19ClN2O/c1-12-2-3-13(17(18)8-12)11-21-16-7-6-15(20-10-16)9-19-14-4-5-14/h2-3,6-8,10,14,19H,4-5,9,11H2,1H3. The summed E-state index contributed by atoms with van der Waals surface area (Å²) < 4.78 is 5.74. The Kier molecular flexibility index (Phi) is 4.42. The first-order valence-corrected chi connectivity index (χ1v) is 7.64. The van der Waals surface area contributed by atoms with Crippen molar-refractivity contribution in [2.75, 3.05) is 0 Å². The molecule has 1 saturated carbocycles. The van der Waals surface area contributed by atoms with Gasteiger partial charge in [0.15, 0.2) is 0 Å². The van der Waals surface area contributed by atoms with Gasteiger partial charge in [-0.1, -0.05) is 23.7 Å². The van der Waals surface area contributed by atoms with Crippen molar-refractivity contribution >= 4 is 11.6 Å². The number of hydrogen-bond acceptors (Lipinski definition) is 3. The van der Waals surface area contributed by atoms with E-state index in [1.165, 1.54) is 12.8 Å². The highest BCUT2D eigenvalue weighted by Gasteiger charge is 2.20. The minimum atomic E-state index is 0.459. The van der Waals surface area contributed by atoms with E-state index in [0.717, 1.165) is 34.1 Å².